The molecule has 0 amide bonds. The van der Waals surface area contributed by atoms with Gasteiger partial charge in [0.1, 0.15) is 0 Å². The van der Waals surface area contributed by atoms with Crippen LogP contribution in [0.3, 0.4) is 0 Å². The standard InChI is InChI=1S/C11H21BrO2/c1-2-3-7-10(12)8-5-4-6-9-11(13)14/h10H,2-9H2,1H3,(H,13,14). The minimum absolute atomic E-state index is 0.321. The summed E-state index contributed by atoms with van der Waals surface area (Å²) in [5.74, 6) is -0.675. The fraction of sp³-hybridized carbons (Fsp3) is 0.909. The van der Waals surface area contributed by atoms with E-state index in [-0.39, 0.29) is 0 Å². The molecule has 0 rings (SSSR count). The zero-order valence-electron chi connectivity index (χ0n) is 8.97. The molecular weight excluding hydrogens is 244 g/mol. The molecule has 0 saturated carbocycles. The molecular formula is C11H21BrO2. The van der Waals surface area contributed by atoms with Crippen molar-refractivity contribution in [3.05, 3.63) is 0 Å². The Balaban J connectivity index is 3.14. The molecule has 1 N–H and O–H groups in total. The van der Waals surface area contributed by atoms with E-state index in [0.717, 1.165) is 19.3 Å². The van der Waals surface area contributed by atoms with Gasteiger partial charge in [-0.25, -0.2) is 0 Å². The minimum Gasteiger partial charge on any atom is -0.481 e. The van der Waals surface area contributed by atoms with E-state index in [1.54, 1.807) is 0 Å². The van der Waals surface area contributed by atoms with E-state index in [2.05, 4.69) is 22.9 Å². The number of carbonyl (C=O) groups is 1. The first-order chi connectivity index (χ1) is 6.66. The van der Waals surface area contributed by atoms with Gasteiger partial charge in [0.2, 0.25) is 0 Å². The third kappa shape index (κ3) is 10.0. The molecule has 0 radical (unpaired) electrons. The largest absolute Gasteiger partial charge is 0.481 e. The Labute approximate surface area is 95.2 Å². The second kappa shape index (κ2) is 9.50. The highest BCUT2D eigenvalue weighted by molar-refractivity contribution is 9.09. The van der Waals surface area contributed by atoms with Crippen LogP contribution in [0.2, 0.25) is 0 Å². The minimum atomic E-state index is -0.675. The lowest BCUT2D eigenvalue weighted by Gasteiger charge is -2.07. The fourth-order valence-electron chi connectivity index (χ4n) is 1.39. The van der Waals surface area contributed by atoms with Crippen LogP contribution in [0.4, 0.5) is 0 Å². The van der Waals surface area contributed by atoms with E-state index in [1.165, 1.54) is 25.7 Å². The summed E-state index contributed by atoms with van der Waals surface area (Å²) >= 11 is 3.64. The first-order valence-corrected chi connectivity index (χ1v) is 6.44. The van der Waals surface area contributed by atoms with Gasteiger partial charge in [0.15, 0.2) is 0 Å². The van der Waals surface area contributed by atoms with Gasteiger partial charge >= 0.3 is 5.97 Å². The zero-order chi connectivity index (χ0) is 10.8. The molecule has 0 spiro atoms. The van der Waals surface area contributed by atoms with Gasteiger partial charge in [0.25, 0.3) is 0 Å². The van der Waals surface area contributed by atoms with Crippen LogP contribution < -0.4 is 0 Å². The molecule has 0 aromatic rings. The lowest BCUT2D eigenvalue weighted by Crippen LogP contribution is -1.98. The molecule has 0 aromatic heterocycles. The van der Waals surface area contributed by atoms with E-state index in [0.29, 0.717) is 11.2 Å². The lowest BCUT2D eigenvalue weighted by molar-refractivity contribution is -0.137. The van der Waals surface area contributed by atoms with Crippen molar-refractivity contribution in [2.45, 2.75) is 63.1 Å². The van der Waals surface area contributed by atoms with E-state index >= 15 is 0 Å². The highest BCUT2D eigenvalue weighted by Crippen LogP contribution is 2.17. The van der Waals surface area contributed by atoms with Gasteiger partial charge in [-0.3, -0.25) is 4.79 Å². The fourth-order valence-corrected chi connectivity index (χ4v) is 2.04. The van der Waals surface area contributed by atoms with Crippen molar-refractivity contribution in [3.8, 4) is 0 Å². The van der Waals surface area contributed by atoms with Crippen LogP contribution in [0.5, 0.6) is 0 Å². The van der Waals surface area contributed by atoms with Crippen LogP contribution in [0.1, 0.15) is 58.3 Å². The van der Waals surface area contributed by atoms with Crippen molar-refractivity contribution < 1.29 is 9.90 Å². The number of alkyl halides is 1. The number of carboxylic acid groups (broad SMARTS) is 1. The van der Waals surface area contributed by atoms with E-state index in [4.69, 9.17) is 5.11 Å². The highest BCUT2D eigenvalue weighted by atomic mass is 79.9. The van der Waals surface area contributed by atoms with Crippen molar-refractivity contribution in [3.63, 3.8) is 0 Å². The Morgan fingerprint density at radius 2 is 1.86 bits per heavy atom. The Kier molecular flexibility index (Phi) is 9.47. The molecule has 3 heteroatoms. The van der Waals surface area contributed by atoms with Crippen molar-refractivity contribution in [2.24, 2.45) is 0 Å². The first-order valence-electron chi connectivity index (χ1n) is 5.52. The number of hydrogen-bond donors (Lipinski definition) is 1. The normalized spacial score (nSPS) is 12.7. The molecule has 84 valence electrons. The summed E-state index contributed by atoms with van der Waals surface area (Å²) in [7, 11) is 0. The summed E-state index contributed by atoms with van der Waals surface area (Å²) in [5, 5.41) is 8.43. The van der Waals surface area contributed by atoms with Gasteiger partial charge < -0.3 is 5.11 Å². The topological polar surface area (TPSA) is 37.3 Å². The number of rotatable bonds is 9. The van der Waals surface area contributed by atoms with E-state index < -0.39 is 5.97 Å². The average Bonchev–Trinajstić information content (AvgIpc) is 2.13. The summed E-state index contributed by atoms with van der Waals surface area (Å²) in [4.78, 5) is 10.9. The average molecular weight is 265 g/mol. The summed E-state index contributed by atoms with van der Waals surface area (Å²) in [5.41, 5.74) is 0. The van der Waals surface area contributed by atoms with Crippen molar-refractivity contribution >= 4 is 21.9 Å². The van der Waals surface area contributed by atoms with Crippen LogP contribution in [0.25, 0.3) is 0 Å². The Morgan fingerprint density at radius 3 is 2.43 bits per heavy atom. The Bertz CT molecular complexity index is 148. The monoisotopic (exact) mass is 264 g/mol. The van der Waals surface area contributed by atoms with Gasteiger partial charge in [-0.05, 0) is 19.3 Å². The molecule has 14 heavy (non-hydrogen) atoms. The molecule has 0 saturated heterocycles. The lowest BCUT2D eigenvalue weighted by atomic mass is 10.1. The van der Waals surface area contributed by atoms with Gasteiger partial charge in [-0.15, -0.1) is 0 Å². The van der Waals surface area contributed by atoms with Gasteiger partial charge in [0.05, 0.1) is 0 Å². The maximum absolute atomic E-state index is 10.2. The molecule has 0 aliphatic carbocycles. The van der Waals surface area contributed by atoms with Gasteiger partial charge in [0, 0.05) is 11.2 Å². The molecule has 0 aliphatic rings. The molecule has 0 heterocycles. The number of hydrogen-bond acceptors (Lipinski definition) is 1. The second-order valence-electron chi connectivity index (χ2n) is 3.73. The molecule has 0 bridgehead atoms. The maximum Gasteiger partial charge on any atom is 0.303 e. The Morgan fingerprint density at radius 1 is 1.21 bits per heavy atom. The predicted octanol–water partition coefficient (Wildman–Crippen LogP) is 3.98. The van der Waals surface area contributed by atoms with Gasteiger partial charge in [-0.2, -0.15) is 0 Å². The second-order valence-corrected chi connectivity index (χ2v) is 5.03. The van der Waals surface area contributed by atoms with Crippen molar-refractivity contribution in [1.29, 1.82) is 0 Å². The van der Waals surface area contributed by atoms with Gasteiger partial charge in [-0.1, -0.05) is 48.5 Å². The number of halogens is 1. The Hall–Kier alpha value is -0.0500. The molecule has 2 nitrogen and oxygen atoms in total. The van der Waals surface area contributed by atoms with E-state index in [9.17, 15) is 4.79 Å². The zero-order valence-corrected chi connectivity index (χ0v) is 10.6. The number of unbranched alkanes of at least 4 members (excludes halogenated alkanes) is 3. The van der Waals surface area contributed by atoms with E-state index in [1.807, 2.05) is 0 Å². The summed E-state index contributed by atoms with van der Waals surface area (Å²) in [6.07, 6.45) is 8.29. The van der Waals surface area contributed by atoms with Crippen LogP contribution in [0, 0.1) is 0 Å². The smallest absolute Gasteiger partial charge is 0.303 e. The third-order valence-electron chi connectivity index (χ3n) is 2.28. The SMILES string of the molecule is CCCCC(Br)CCCCCC(=O)O. The molecule has 0 aliphatic heterocycles. The first kappa shape index (κ1) is 13.9. The predicted molar refractivity (Wildman–Crippen MR) is 63.0 cm³/mol. The third-order valence-corrected chi connectivity index (χ3v) is 3.19. The highest BCUT2D eigenvalue weighted by Gasteiger charge is 2.03. The molecule has 1 unspecified atom stereocenters. The summed E-state index contributed by atoms with van der Waals surface area (Å²) < 4.78 is 0. The van der Waals surface area contributed by atoms with Crippen LogP contribution in [0.15, 0.2) is 0 Å². The quantitative estimate of drug-likeness (QED) is 0.506. The molecule has 1 atom stereocenters. The maximum atomic E-state index is 10.2. The summed E-state index contributed by atoms with van der Waals surface area (Å²) in [6.45, 7) is 2.20. The number of aliphatic carboxylic acids is 1. The van der Waals surface area contributed by atoms with Crippen molar-refractivity contribution in [2.75, 3.05) is 0 Å². The summed E-state index contributed by atoms with van der Waals surface area (Å²) in [6, 6.07) is 0. The molecule has 0 aromatic carbocycles. The molecule has 0 fully saturated rings. The van der Waals surface area contributed by atoms with Crippen molar-refractivity contribution in [1.82, 2.24) is 0 Å². The van der Waals surface area contributed by atoms with Crippen LogP contribution >= 0.6 is 15.9 Å². The number of carboxylic acids is 1. The van der Waals surface area contributed by atoms with Crippen LogP contribution in [-0.4, -0.2) is 15.9 Å². The van der Waals surface area contributed by atoms with Crippen LogP contribution in [-0.2, 0) is 4.79 Å².